The summed E-state index contributed by atoms with van der Waals surface area (Å²) in [6.45, 7) is 8.33. The van der Waals surface area contributed by atoms with Crippen LogP contribution >= 0.6 is 0 Å². The van der Waals surface area contributed by atoms with Crippen LogP contribution in [0.25, 0.3) is 0 Å². The maximum atomic E-state index is 12.4. The van der Waals surface area contributed by atoms with Crippen LogP contribution in [0, 0.1) is 0 Å². The van der Waals surface area contributed by atoms with Crippen molar-refractivity contribution >= 4 is 45.9 Å². The summed E-state index contributed by atoms with van der Waals surface area (Å²) in [6, 6.07) is 11.4. The van der Waals surface area contributed by atoms with Crippen molar-refractivity contribution in [2.45, 2.75) is 13.1 Å². The van der Waals surface area contributed by atoms with Crippen molar-refractivity contribution in [3.8, 4) is 0 Å². The summed E-state index contributed by atoms with van der Waals surface area (Å²) in [7, 11) is 3.47. The van der Waals surface area contributed by atoms with Gasteiger partial charge in [-0.05, 0) is 35.4 Å². The molecular formula is C32H44N12O4. The SMILES string of the molecule is CNc1cn[nH]c1C(=O)Nc1cc(CN2CCOCC2)ccc1N.CNc1cn[nH]c1C(=O)Nc1ccc(CN2CCOCC2)cc1N. The molecule has 0 aliphatic carbocycles. The molecule has 0 spiro atoms. The normalized spacial score (nSPS) is 15.2. The minimum atomic E-state index is -0.288. The van der Waals surface area contributed by atoms with Crippen LogP contribution < -0.4 is 32.7 Å². The second-order valence-corrected chi connectivity index (χ2v) is 11.3. The molecule has 2 aromatic heterocycles. The Morgan fingerprint density at radius 3 is 1.67 bits per heavy atom. The van der Waals surface area contributed by atoms with Crippen molar-refractivity contribution in [3.05, 3.63) is 71.3 Å². The molecule has 0 bridgehead atoms. The number of nitrogen functional groups attached to an aromatic ring is 2. The molecule has 2 saturated heterocycles. The van der Waals surface area contributed by atoms with Gasteiger partial charge in [-0.15, -0.1) is 0 Å². The Kier molecular flexibility index (Phi) is 11.8. The number of nitrogens with one attached hydrogen (secondary N) is 6. The van der Waals surface area contributed by atoms with Crippen molar-refractivity contribution in [3.63, 3.8) is 0 Å². The number of rotatable bonds is 10. The molecule has 10 N–H and O–H groups in total. The largest absolute Gasteiger partial charge is 0.397 e. The minimum Gasteiger partial charge on any atom is -0.397 e. The number of H-pyrrole nitrogens is 2. The van der Waals surface area contributed by atoms with Gasteiger partial charge in [0.25, 0.3) is 11.8 Å². The quantitative estimate of drug-likeness (QED) is 0.115. The lowest BCUT2D eigenvalue weighted by Crippen LogP contribution is -2.35. The fourth-order valence-electron chi connectivity index (χ4n) is 5.34. The van der Waals surface area contributed by atoms with E-state index in [9.17, 15) is 9.59 Å². The molecule has 2 aliphatic heterocycles. The number of hydrogen-bond acceptors (Lipinski definition) is 12. The fraction of sp³-hybridized carbons (Fsp3) is 0.375. The summed E-state index contributed by atoms with van der Waals surface area (Å²) in [4.78, 5) is 29.3. The maximum absolute atomic E-state index is 12.4. The first-order valence-corrected chi connectivity index (χ1v) is 15.8. The summed E-state index contributed by atoms with van der Waals surface area (Å²) in [6.07, 6.45) is 3.12. The zero-order chi connectivity index (χ0) is 33.9. The highest BCUT2D eigenvalue weighted by Crippen LogP contribution is 2.24. The average molecular weight is 661 g/mol. The molecular weight excluding hydrogens is 616 g/mol. The van der Waals surface area contributed by atoms with Crippen LogP contribution in [0.1, 0.15) is 32.1 Å². The van der Waals surface area contributed by atoms with E-state index in [0.717, 1.165) is 76.8 Å². The van der Waals surface area contributed by atoms with Crippen LogP contribution in [0.5, 0.6) is 0 Å². The number of morpholine rings is 2. The number of nitrogens with two attached hydrogens (primary N) is 2. The van der Waals surface area contributed by atoms with E-state index in [4.69, 9.17) is 20.9 Å². The molecule has 2 amide bonds. The molecule has 16 heteroatoms. The van der Waals surface area contributed by atoms with Gasteiger partial charge < -0.3 is 42.2 Å². The van der Waals surface area contributed by atoms with Crippen molar-refractivity contribution in [1.29, 1.82) is 0 Å². The molecule has 48 heavy (non-hydrogen) atoms. The summed E-state index contributed by atoms with van der Waals surface area (Å²) in [5.41, 5.74) is 18.6. The van der Waals surface area contributed by atoms with Crippen LogP contribution in [-0.2, 0) is 22.6 Å². The van der Waals surface area contributed by atoms with Gasteiger partial charge in [-0.1, -0.05) is 12.1 Å². The topological polar surface area (TPSA) is 217 Å². The Labute approximate surface area is 278 Å². The first-order valence-electron chi connectivity index (χ1n) is 15.8. The molecule has 4 heterocycles. The lowest BCUT2D eigenvalue weighted by Gasteiger charge is -2.26. The van der Waals surface area contributed by atoms with E-state index >= 15 is 0 Å². The van der Waals surface area contributed by atoms with Crippen LogP contribution in [0.4, 0.5) is 34.1 Å². The zero-order valence-corrected chi connectivity index (χ0v) is 27.3. The van der Waals surface area contributed by atoms with E-state index in [1.807, 2.05) is 36.4 Å². The van der Waals surface area contributed by atoms with Crippen LogP contribution in [-0.4, -0.2) is 109 Å². The highest BCUT2D eigenvalue weighted by atomic mass is 16.5. The minimum absolute atomic E-state index is 0.285. The Morgan fingerprint density at radius 2 is 1.17 bits per heavy atom. The third kappa shape index (κ3) is 9.01. The van der Waals surface area contributed by atoms with Gasteiger partial charge in [-0.2, -0.15) is 10.2 Å². The van der Waals surface area contributed by atoms with E-state index < -0.39 is 0 Å². The van der Waals surface area contributed by atoms with E-state index in [0.29, 0.717) is 45.5 Å². The smallest absolute Gasteiger partial charge is 0.275 e. The van der Waals surface area contributed by atoms with E-state index in [1.54, 1.807) is 26.5 Å². The number of amides is 2. The molecule has 2 fully saturated rings. The zero-order valence-electron chi connectivity index (χ0n) is 27.3. The number of carbonyl (C=O) groups is 2. The predicted molar refractivity (Wildman–Crippen MR) is 186 cm³/mol. The first-order chi connectivity index (χ1) is 23.3. The van der Waals surface area contributed by atoms with Gasteiger partial charge in [0.05, 0.1) is 72.9 Å². The third-order valence-electron chi connectivity index (χ3n) is 8.02. The number of benzene rings is 2. The monoisotopic (exact) mass is 660 g/mol. The Balaban J connectivity index is 0.000000188. The second kappa shape index (κ2) is 16.6. The molecule has 4 aromatic rings. The average Bonchev–Trinajstić information content (AvgIpc) is 3.79. The fourth-order valence-corrected chi connectivity index (χ4v) is 5.34. The number of nitrogens with zero attached hydrogens (tertiary/aromatic N) is 4. The van der Waals surface area contributed by atoms with Gasteiger partial charge in [0, 0.05) is 53.4 Å². The van der Waals surface area contributed by atoms with Gasteiger partial charge >= 0.3 is 0 Å². The summed E-state index contributed by atoms with van der Waals surface area (Å²) >= 11 is 0. The van der Waals surface area contributed by atoms with Crippen LogP contribution in [0.3, 0.4) is 0 Å². The number of ether oxygens (including phenoxy) is 2. The molecule has 0 radical (unpaired) electrons. The number of aromatic nitrogens is 4. The second-order valence-electron chi connectivity index (χ2n) is 11.3. The van der Waals surface area contributed by atoms with Gasteiger partial charge in [0.2, 0.25) is 0 Å². The Bertz CT molecular complexity index is 1660. The molecule has 0 atom stereocenters. The molecule has 0 unspecified atom stereocenters. The number of carbonyl (C=O) groups excluding carboxylic acids is 2. The van der Waals surface area contributed by atoms with Crippen molar-refractivity contribution in [2.75, 3.05) is 99.4 Å². The standard InChI is InChI=1S/2C16H22N6O2/c1-18-14-9-19-21-15(14)16(23)20-13-3-2-11(8-12(13)17)10-22-4-6-24-7-5-22;1-18-14-9-19-21-15(14)16(23)20-13-8-11(2-3-12(13)17)10-22-4-6-24-7-5-22/h2*2-3,8-9,18H,4-7,10,17H2,1H3,(H,19,21)(H,20,23). The highest BCUT2D eigenvalue weighted by Gasteiger charge is 2.17. The molecule has 2 aromatic carbocycles. The summed E-state index contributed by atoms with van der Waals surface area (Å²) in [5, 5.41) is 24.6. The summed E-state index contributed by atoms with van der Waals surface area (Å²) in [5.74, 6) is -0.573. The van der Waals surface area contributed by atoms with Crippen molar-refractivity contribution < 1.29 is 19.1 Å². The van der Waals surface area contributed by atoms with Crippen molar-refractivity contribution in [2.24, 2.45) is 0 Å². The van der Waals surface area contributed by atoms with E-state index in [-0.39, 0.29) is 11.8 Å². The number of hydrogen-bond donors (Lipinski definition) is 8. The predicted octanol–water partition coefficient (Wildman–Crippen LogP) is 2.24. The van der Waals surface area contributed by atoms with Crippen LogP contribution in [0.15, 0.2) is 48.8 Å². The maximum Gasteiger partial charge on any atom is 0.275 e. The lowest BCUT2D eigenvalue weighted by molar-refractivity contribution is 0.0341. The lowest BCUT2D eigenvalue weighted by atomic mass is 10.1. The molecule has 6 rings (SSSR count). The van der Waals surface area contributed by atoms with E-state index in [2.05, 4.69) is 51.5 Å². The Morgan fingerprint density at radius 1 is 0.688 bits per heavy atom. The molecule has 0 saturated carbocycles. The van der Waals surface area contributed by atoms with Crippen LogP contribution in [0.2, 0.25) is 0 Å². The van der Waals surface area contributed by atoms with Gasteiger partial charge in [0.1, 0.15) is 11.4 Å². The molecule has 256 valence electrons. The first kappa shape index (κ1) is 34.2. The van der Waals surface area contributed by atoms with Crippen molar-refractivity contribution in [1.82, 2.24) is 30.2 Å². The van der Waals surface area contributed by atoms with Gasteiger partial charge in [-0.25, -0.2) is 0 Å². The third-order valence-corrected chi connectivity index (χ3v) is 8.02. The van der Waals surface area contributed by atoms with Gasteiger partial charge in [0.15, 0.2) is 0 Å². The number of anilines is 6. The number of aromatic amines is 2. The highest BCUT2D eigenvalue weighted by molar-refractivity contribution is 6.08. The Hall–Kier alpha value is -5.16. The van der Waals surface area contributed by atoms with Gasteiger partial charge in [-0.3, -0.25) is 29.6 Å². The molecule has 2 aliphatic rings. The summed E-state index contributed by atoms with van der Waals surface area (Å²) < 4.78 is 10.7. The molecule has 16 nitrogen and oxygen atoms in total. The van der Waals surface area contributed by atoms with E-state index in [1.165, 1.54) is 0 Å².